The van der Waals surface area contributed by atoms with E-state index in [1.165, 1.54) is 25.7 Å². The fourth-order valence-electron chi connectivity index (χ4n) is 4.89. The normalized spacial score (nSPS) is 19.8. The Kier molecular flexibility index (Phi) is 6.21. The first kappa shape index (κ1) is 21.0. The number of carbonyl (C=O) groups is 2. The monoisotopic (exact) mass is 414 g/mol. The summed E-state index contributed by atoms with van der Waals surface area (Å²) >= 11 is 0. The molecule has 1 aliphatic carbocycles. The van der Waals surface area contributed by atoms with Crippen molar-refractivity contribution < 1.29 is 19.1 Å². The Morgan fingerprint density at radius 2 is 1.60 bits per heavy atom. The number of piperazine rings is 1. The van der Waals surface area contributed by atoms with Crippen LogP contribution >= 0.6 is 0 Å². The Bertz CT molecular complexity index is 777. The lowest BCUT2D eigenvalue weighted by Gasteiger charge is -2.39. The smallest absolute Gasteiger partial charge is 0.232 e. The summed E-state index contributed by atoms with van der Waals surface area (Å²) in [5.41, 5.74) is 0.261. The van der Waals surface area contributed by atoms with Gasteiger partial charge in [0.05, 0.1) is 5.41 Å². The van der Waals surface area contributed by atoms with E-state index in [9.17, 15) is 9.59 Å². The maximum atomic E-state index is 13.3. The summed E-state index contributed by atoms with van der Waals surface area (Å²) in [6, 6.07) is 5.77. The van der Waals surface area contributed by atoms with Gasteiger partial charge in [-0.3, -0.25) is 9.59 Å². The highest BCUT2D eigenvalue weighted by molar-refractivity contribution is 5.88. The van der Waals surface area contributed by atoms with Gasteiger partial charge < -0.3 is 19.3 Å². The second-order valence-electron chi connectivity index (χ2n) is 9.35. The van der Waals surface area contributed by atoms with E-state index >= 15 is 0 Å². The molecule has 1 aromatic rings. The van der Waals surface area contributed by atoms with Crippen LogP contribution < -0.4 is 9.47 Å². The highest BCUT2D eigenvalue weighted by Crippen LogP contribution is 2.36. The molecule has 2 fully saturated rings. The number of hydrogen-bond acceptors (Lipinski definition) is 4. The molecule has 164 valence electrons. The van der Waals surface area contributed by atoms with E-state index in [0.717, 1.165) is 23.7 Å². The largest absolute Gasteiger partial charge is 0.486 e. The topological polar surface area (TPSA) is 59.1 Å². The summed E-state index contributed by atoms with van der Waals surface area (Å²) in [4.78, 5) is 29.7. The summed E-state index contributed by atoms with van der Waals surface area (Å²) in [6.07, 6.45) is 6.88. The molecule has 2 aliphatic heterocycles. The standard InChI is InChI=1S/C24H34N2O4/c1-24(2,19-8-9-20-21(17-19)30-16-15-29-20)23(28)26-13-11-25(12-14-26)22(27)10-7-18-5-3-4-6-18/h8-9,17-18H,3-7,10-16H2,1-2H3. The summed E-state index contributed by atoms with van der Waals surface area (Å²) in [6.45, 7) is 7.46. The Labute approximate surface area is 179 Å². The van der Waals surface area contributed by atoms with Crippen molar-refractivity contribution in [3.63, 3.8) is 0 Å². The molecule has 0 unspecified atom stereocenters. The molecule has 2 amide bonds. The van der Waals surface area contributed by atoms with Crippen LogP contribution in [0.1, 0.15) is 57.9 Å². The zero-order valence-electron chi connectivity index (χ0n) is 18.3. The first-order valence-electron chi connectivity index (χ1n) is 11.4. The molecule has 0 bridgehead atoms. The van der Waals surface area contributed by atoms with Crippen molar-refractivity contribution in [3.8, 4) is 11.5 Å². The molecule has 0 atom stereocenters. The van der Waals surface area contributed by atoms with Crippen LogP contribution in [0, 0.1) is 5.92 Å². The van der Waals surface area contributed by atoms with Gasteiger partial charge in [-0.2, -0.15) is 0 Å². The van der Waals surface area contributed by atoms with E-state index in [0.29, 0.717) is 51.6 Å². The van der Waals surface area contributed by atoms with Gasteiger partial charge in [0.25, 0.3) is 0 Å². The molecule has 4 rings (SSSR count). The number of carbonyl (C=O) groups excluding carboxylic acids is 2. The van der Waals surface area contributed by atoms with Crippen molar-refractivity contribution in [3.05, 3.63) is 23.8 Å². The van der Waals surface area contributed by atoms with Crippen LogP contribution in [-0.4, -0.2) is 61.0 Å². The molecule has 0 radical (unpaired) electrons. The second-order valence-corrected chi connectivity index (χ2v) is 9.35. The van der Waals surface area contributed by atoms with Crippen LogP contribution in [0.2, 0.25) is 0 Å². The maximum Gasteiger partial charge on any atom is 0.232 e. The molecular formula is C24H34N2O4. The summed E-state index contributed by atoms with van der Waals surface area (Å²) in [7, 11) is 0. The molecule has 6 nitrogen and oxygen atoms in total. The Morgan fingerprint density at radius 3 is 2.30 bits per heavy atom. The highest BCUT2D eigenvalue weighted by Gasteiger charge is 2.36. The van der Waals surface area contributed by atoms with Crippen LogP contribution in [0.4, 0.5) is 0 Å². The number of rotatable bonds is 5. The quantitative estimate of drug-likeness (QED) is 0.741. The van der Waals surface area contributed by atoms with E-state index in [1.54, 1.807) is 0 Å². The number of hydrogen-bond donors (Lipinski definition) is 0. The fourth-order valence-corrected chi connectivity index (χ4v) is 4.89. The van der Waals surface area contributed by atoms with Gasteiger partial charge in [-0.05, 0) is 43.9 Å². The molecule has 3 aliphatic rings. The Morgan fingerprint density at radius 1 is 0.967 bits per heavy atom. The van der Waals surface area contributed by atoms with Crippen LogP contribution in [0.15, 0.2) is 18.2 Å². The van der Waals surface area contributed by atoms with Gasteiger partial charge in [-0.25, -0.2) is 0 Å². The second kappa shape index (κ2) is 8.86. The van der Waals surface area contributed by atoms with Crippen LogP contribution in [0.5, 0.6) is 11.5 Å². The van der Waals surface area contributed by atoms with Crippen molar-refractivity contribution in [1.82, 2.24) is 9.80 Å². The lowest BCUT2D eigenvalue weighted by Crippen LogP contribution is -2.54. The van der Waals surface area contributed by atoms with Gasteiger partial charge in [0.2, 0.25) is 11.8 Å². The molecule has 1 saturated heterocycles. The molecule has 0 N–H and O–H groups in total. The summed E-state index contributed by atoms with van der Waals surface area (Å²) in [5.74, 6) is 2.52. The molecule has 0 aromatic heterocycles. The van der Waals surface area contributed by atoms with Gasteiger partial charge in [0.15, 0.2) is 11.5 Å². The third-order valence-corrected chi connectivity index (χ3v) is 6.96. The zero-order valence-corrected chi connectivity index (χ0v) is 18.3. The minimum absolute atomic E-state index is 0.0947. The van der Waals surface area contributed by atoms with Gasteiger partial charge in [0, 0.05) is 32.6 Å². The third-order valence-electron chi connectivity index (χ3n) is 6.96. The molecule has 1 aromatic carbocycles. The predicted molar refractivity (Wildman–Crippen MR) is 115 cm³/mol. The predicted octanol–water partition coefficient (Wildman–Crippen LogP) is 3.38. The average Bonchev–Trinajstić information content (AvgIpc) is 3.30. The number of ether oxygens (including phenoxy) is 2. The van der Waals surface area contributed by atoms with E-state index in [-0.39, 0.29) is 11.8 Å². The maximum absolute atomic E-state index is 13.3. The number of benzene rings is 1. The highest BCUT2D eigenvalue weighted by atomic mass is 16.6. The van der Waals surface area contributed by atoms with E-state index in [1.807, 2.05) is 41.8 Å². The van der Waals surface area contributed by atoms with Crippen molar-refractivity contribution in [2.45, 2.75) is 57.8 Å². The van der Waals surface area contributed by atoms with Crippen molar-refractivity contribution in [2.75, 3.05) is 39.4 Å². The Hall–Kier alpha value is -2.24. The number of amides is 2. The van der Waals surface area contributed by atoms with Gasteiger partial charge >= 0.3 is 0 Å². The van der Waals surface area contributed by atoms with E-state index < -0.39 is 5.41 Å². The molecular weight excluding hydrogens is 380 g/mol. The SMILES string of the molecule is CC(C)(C(=O)N1CCN(C(=O)CCC2CCCC2)CC1)c1ccc2c(c1)OCCO2. The van der Waals surface area contributed by atoms with Crippen LogP contribution in [-0.2, 0) is 15.0 Å². The first-order chi connectivity index (χ1) is 14.4. The number of fused-ring (bicyclic) bond motifs is 1. The Balaban J connectivity index is 1.32. The molecule has 6 heteroatoms. The lowest BCUT2D eigenvalue weighted by molar-refractivity contribution is -0.142. The molecule has 2 heterocycles. The minimum atomic E-state index is -0.662. The van der Waals surface area contributed by atoms with Gasteiger partial charge in [-0.15, -0.1) is 0 Å². The van der Waals surface area contributed by atoms with Crippen molar-refractivity contribution in [2.24, 2.45) is 5.92 Å². The summed E-state index contributed by atoms with van der Waals surface area (Å²) in [5, 5.41) is 0. The number of nitrogens with zero attached hydrogens (tertiary/aromatic N) is 2. The van der Waals surface area contributed by atoms with E-state index in [2.05, 4.69) is 0 Å². The van der Waals surface area contributed by atoms with Crippen LogP contribution in [0.25, 0.3) is 0 Å². The van der Waals surface area contributed by atoms with Crippen LogP contribution in [0.3, 0.4) is 0 Å². The van der Waals surface area contributed by atoms with Gasteiger partial charge in [0.1, 0.15) is 13.2 Å². The minimum Gasteiger partial charge on any atom is -0.486 e. The van der Waals surface area contributed by atoms with Crippen molar-refractivity contribution in [1.29, 1.82) is 0 Å². The zero-order chi connectivity index (χ0) is 21.1. The molecule has 0 spiro atoms. The van der Waals surface area contributed by atoms with Gasteiger partial charge in [-0.1, -0.05) is 31.7 Å². The summed E-state index contributed by atoms with van der Waals surface area (Å²) < 4.78 is 11.3. The molecule has 30 heavy (non-hydrogen) atoms. The first-order valence-corrected chi connectivity index (χ1v) is 11.4. The molecule has 1 saturated carbocycles. The fraction of sp³-hybridized carbons (Fsp3) is 0.667. The van der Waals surface area contributed by atoms with E-state index in [4.69, 9.17) is 9.47 Å². The average molecular weight is 415 g/mol. The van der Waals surface area contributed by atoms with Crippen molar-refractivity contribution >= 4 is 11.8 Å². The lowest BCUT2D eigenvalue weighted by atomic mass is 9.82. The third kappa shape index (κ3) is 4.42.